The van der Waals surface area contributed by atoms with Gasteiger partial charge in [0.2, 0.25) is 0 Å². The van der Waals surface area contributed by atoms with Crippen molar-refractivity contribution in [1.29, 1.82) is 0 Å². The van der Waals surface area contributed by atoms with E-state index in [1.54, 1.807) is 0 Å². The van der Waals surface area contributed by atoms with Crippen molar-refractivity contribution in [3.8, 4) is 0 Å². The monoisotopic (exact) mass is 281 g/mol. The van der Waals surface area contributed by atoms with Crippen molar-refractivity contribution < 1.29 is 0 Å². The van der Waals surface area contributed by atoms with Gasteiger partial charge in [-0.2, -0.15) is 0 Å². The minimum atomic E-state index is 0.547. The Kier molecular flexibility index (Phi) is 4.51. The highest BCUT2D eigenvalue weighted by atomic mass is 15.1. The first-order valence-corrected chi connectivity index (χ1v) is 7.76. The molecule has 0 saturated carbocycles. The van der Waals surface area contributed by atoms with E-state index in [0.29, 0.717) is 6.04 Å². The van der Waals surface area contributed by atoms with Crippen molar-refractivity contribution in [2.45, 2.75) is 32.4 Å². The Hall–Kier alpha value is -1.87. The van der Waals surface area contributed by atoms with Crippen LogP contribution in [0.15, 0.2) is 48.7 Å². The highest BCUT2D eigenvalue weighted by Gasteiger charge is 2.19. The molecule has 1 aromatic carbocycles. The Morgan fingerprint density at radius 2 is 1.86 bits per heavy atom. The highest BCUT2D eigenvalue weighted by molar-refractivity contribution is 5.43. The maximum absolute atomic E-state index is 4.43. The summed E-state index contributed by atoms with van der Waals surface area (Å²) in [4.78, 5) is 6.97. The van der Waals surface area contributed by atoms with E-state index in [4.69, 9.17) is 0 Å². The topological polar surface area (TPSA) is 28.2 Å². The fourth-order valence-corrected chi connectivity index (χ4v) is 2.91. The fourth-order valence-electron chi connectivity index (χ4n) is 2.91. The van der Waals surface area contributed by atoms with Gasteiger partial charge in [-0.25, -0.2) is 4.98 Å². The van der Waals surface area contributed by atoms with Gasteiger partial charge in [-0.15, -0.1) is 0 Å². The molecule has 0 bridgehead atoms. The number of nitrogens with one attached hydrogen (secondary N) is 1. The number of hydrogen-bond donors (Lipinski definition) is 1. The molecule has 1 N–H and O–H groups in total. The molecule has 110 valence electrons. The maximum Gasteiger partial charge on any atom is 0.129 e. The summed E-state index contributed by atoms with van der Waals surface area (Å²) in [5.41, 5.74) is 2.63. The van der Waals surface area contributed by atoms with Gasteiger partial charge in [-0.3, -0.25) is 4.90 Å². The molecular formula is C18H23N3. The summed E-state index contributed by atoms with van der Waals surface area (Å²) in [5, 5.41) is 3.60. The number of aromatic nitrogens is 1. The Labute approximate surface area is 127 Å². The van der Waals surface area contributed by atoms with E-state index in [2.05, 4.69) is 58.5 Å². The molecule has 0 unspecified atom stereocenters. The predicted molar refractivity (Wildman–Crippen MR) is 87.3 cm³/mol. The third-order valence-corrected chi connectivity index (χ3v) is 4.19. The van der Waals surface area contributed by atoms with Crippen molar-refractivity contribution in [3.05, 3.63) is 59.8 Å². The summed E-state index contributed by atoms with van der Waals surface area (Å²) in [5.74, 6) is 1.04. The molecule has 0 amide bonds. The zero-order chi connectivity index (χ0) is 14.5. The molecule has 0 radical (unpaired) electrons. The van der Waals surface area contributed by atoms with E-state index in [1.165, 1.54) is 24.0 Å². The molecule has 0 spiro atoms. The smallest absolute Gasteiger partial charge is 0.129 e. The zero-order valence-corrected chi connectivity index (χ0v) is 12.6. The summed E-state index contributed by atoms with van der Waals surface area (Å²) in [6.45, 7) is 5.48. The van der Waals surface area contributed by atoms with E-state index in [9.17, 15) is 0 Å². The van der Waals surface area contributed by atoms with E-state index >= 15 is 0 Å². The van der Waals surface area contributed by atoms with Gasteiger partial charge >= 0.3 is 0 Å². The molecule has 3 nitrogen and oxygen atoms in total. The second-order valence-corrected chi connectivity index (χ2v) is 5.85. The van der Waals surface area contributed by atoms with Gasteiger partial charge in [0.15, 0.2) is 0 Å². The Balaban J connectivity index is 1.50. The molecule has 2 heterocycles. The summed E-state index contributed by atoms with van der Waals surface area (Å²) < 4.78 is 0. The third-order valence-electron chi connectivity index (χ3n) is 4.19. The quantitative estimate of drug-likeness (QED) is 0.930. The van der Waals surface area contributed by atoms with E-state index in [-0.39, 0.29) is 0 Å². The van der Waals surface area contributed by atoms with Crippen LogP contribution in [0.1, 0.15) is 24.0 Å². The maximum atomic E-state index is 4.43. The number of piperidine rings is 1. The summed E-state index contributed by atoms with van der Waals surface area (Å²) in [6.07, 6.45) is 4.23. The second kappa shape index (κ2) is 6.72. The van der Waals surface area contributed by atoms with Crippen molar-refractivity contribution in [2.24, 2.45) is 0 Å². The molecule has 1 aliphatic heterocycles. The van der Waals surface area contributed by atoms with Gasteiger partial charge in [-0.1, -0.05) is 36.4 Å². The lowest BCUT2D eigenvalue weighted by Crippen LogP contribution is -2.38. The molecule has 3 heteroatoms. The average molecular weight is 281 g/mol. The third kappa shape index (κ3) is 3.82. The largest absolute Gasteiger partial charge is 0.367 e. The first kappa shape index (κ1) is 14.1. The van der Waals surface area contributed by atoms with Crippen LogP contribution in [0.4, 0.5) is 5.82 Å². The number of pyridine rings is 1. The average Bonchev–Trinajstić information content (AvgIpc) is 2.52. The molecule has 1 fully saturated rings. The van der Waals surface area contributed by atoms with Crippen LogP contribution in [-0.4, -0.2) is 29.0 Å². The second-order valence-electron chi connectivity index (χ2n) is 5.85. The van der Waals surface area contributed by atoms with Crippen molar-refractivity contribution in [3.63, 3.8) is 0 Å². The number of benzene rings is 1. The lowest BCUT2D eigenvalue weighted by Gasteiger charge is -2.32. The zero-order valence-electron chi connectivity index (χ0n) is 12.6. The van der Waals surface area contributed by atoms with Crippen LogP contribution in [0.3, 0.4) is 0 Å². The van der Waals surface area contributed by atoms with Crippen LogP contribution in [0.2, 0.25) is 0 Å². The summed E-state index contributed by atoms with van der Waals surface area (Å²) in [6, 6.07) is 15.4. The number of aryl methyl sites for hydroxylation is 1. The van der Waals surface area contributed by atoms with E-state index in [0.717, 1.165) is 25.5 Å². The van der Waals surface area contributed by atoms with Crippen LogP contribution in [0, 0.1) is 6.92 Å². The first-order valence-electron chi connectivity index (χ1n) is 7.76. The van der Waals surface area contributed by atoms with Gasteiger partial charge in [0, 0.05) is 31.9 Å². The van der Waals surface area contributed by atoms with Gasteiger partial charge in [-0.05, 0) is 37.0 Å². The van der Waals surface area contributed by atoms with Crippen molar-refractivity contribution >= 4 is 5.82 Å². The number of likely N-dealkylation sites (tertiary alicyclic amines) is 1. The predicted octanol–water partition coefficient (Wildman–Crippen LogP) is 3.47. The molecular weight excluding hydrogens is 258 g/mol. The first-order chi connectivity index (χ1) is 10.3. The van der Waals surface area contributed by atoms with Crippen LogP contribution in [0.5, 0.6) is 0 Å². The van der Waals surface area contributed by atoms with Crippen molar-refractivity contribution in [2.75, 3.05) is 18.4 Å². The fraction of sp³-hybridized carbons (Fsp3) is 0.389. The minimum Gasteiger partial charge on any atom is -0.367 e. The summed E-state index contributed by atoms with van der Waals surface area (Å²) >= 11 is 0. The molecule has 1 aromatic heterocycles. The van der Waals surface area contributed by atoms with Gasteiger partial charge in [0.25, 0.3) is 0 Å². The van der Waals surface area contributed by atoms with Crippen LogP contribution >= 0.6 is 0 Å². The highest BCUT2D eigenvalue weighted by Crippen LogP contribution is 2.18. The Morgan fingerprint density at radius 1 is 1.10 bits per heavy atom. The molecule has 1 aliphatic rings. The molecule has 0 aliphatic carbocycles. The lowest BCUT2D eigenvalue weighted by molar-refractivity contribution is 0.211. The van der Waals surface area contributed by atoms with E-state index < -0.39 is 0 Å². The van der Waals surface area contributed by atoms with E-state index in [1.807, 2.05) is 12.3 Å². The van der Waals surface area contributed by atoms with Gasteiger partial charge < -0.3 is 5.32 Å². The SMILES string of the molecule is Cc1cccnc1NC1CCN(Cc2ccccc2)CC1. The number of hydrogen-bond acceptors (Lipinski definition) is 3. The molecule has 1 saturated heterocycles. The van der Waals surface area contributed by atoms with Crippen LogP contribution in [0.25, 0.3) is 0 Å². The molecule has 3 rings (SSSR count). The minimum absolute atomic E-state index is 0.547. The van der Waals surface area contributed by atoms with Crippen LogP contribution in [-0.2, 0) is 6.54 Å². The molecule has 21 heavy (non-hydrogen) atoms. The molecule has 0 atom stereocenters. The number of nitrogens with zero attached hydrogens (tertiary/aromatic N) is 2. The lowest BCUT2D eigenvalue weighted by atomic mass is 10.0. The number of rotatable bonds is 4. The van der Waals surface area contributed by atoms with Crippen molar-refractivity contribution in [1.82, 2.24) is 9.88 Å². The number of anilines is 1. The standard InChI is InChI=1S/C18H23N3/c1-15-6-5-11-19-18(15)20-17-9-12-21(13-10-17)14-16-7-3-2-4-8-16/h2-8,11,17H,9-10,12-14H2,1H3,(H,19,20). The normalized spacial score (nSPS) is 16.8. The Morgan fingerprint density at radius 3 is 2.57 bits per heavy atom. The van der Waals surface area contributed by atoms with Crippen LogP contribution < -0.4 is 5.32 Å². The Bertz CT molecular complexity index is 560. The summed E-state index contributed by atoms with van der Waals surface area (Å²) in [7, 11) is 0. The van der Waals surface area contributed by atoms with Gasteiger partial charge in [0.1, 0.15) is 5.82 Å². The van der Waals surface area contributed by atoms with Gasteiger partial charge in [0.05, 0.1) is 0 Å². The molecule has 2 aromatic rings.